The standard InChI is InChI=1S/C19H14NO5P/c1-24-10-3-4-13-11(7-10)12(19(20-13)26-2)8-16-18(23)17-14(22)5-9(21)6-15(17)25-16/h3-8,20-22H,2H2,1H3. The van der Waals surface area contributed by atoms with Gasteiger partial charge in [0, 0.05) is 28.6 Å². The number of methoxy groups -OCH3 is 1. The Kier molecular flexibility index (Phi) is 3.71. The zero-order chi connectivity index (χ0) is 18.4. The number of hydrogen-bond acceptors (Lipinski definition) is 5. The number of aromatic nitrogens is 1. The van der Waals surface area contributed by atoms with E-state index in [0.29, 0.717) is 5.75 Å². The van der Waals surface area contributed by atoms with Crippen molar-refractivity contribution in [3.8, 4) is 23.0 Å². The van der Waals surface area contributed by atoms with Crippen LogP contribution in [0.4, 0.5) is 0 Å². The molecule has 0 radical (unpaired) electrons. The van der Waals surface area contributed by atoms with E-state index < -0.39 is 5.78 Å². The number of ketones is 1. The molecule has 1 aromatic heterocycles. The summed E-state index contributed by atoms with van der Waals surface area (Å²) in [6.07, 6.45) is 5.51. The lowest BCUT2D eigenvalue weighted by Gasteiger charge is -2.01. The maximum Gasteiger partial charge on any atom is 0.235 e. The average Bonchev–Trinajstić information content (AvgIpc) is 3.12. The number of benzene rings is 2. The summed E-state index contributed by atoms with van der Waals surface area (Å²) in [4.78, 5) is 15.9. The first-order chi connectivity index (χ1) is 12.5. The van der Waals surface area contributed by atoms with E-state index in [1.54, 1.807) is 13.2 Å². The van der Waals surface area contributed by atoms with Crippen molar-refractivity contribution in [3.05, 3.63) is 47.2 Å². The van der Waals surface area contributed by atoms with E-state index >= 15 is 0 Å². The molecule has 3 aromatic rings. The molecule has 1 aliphatic heterocycles. The van der Waals surface area contributed by atoms with Crippen LogP contribution in [0.1, 0.15) is 15.9 Å². The highest BCUT2D eigenvalue weighted by atomic mass is 31.1. The Labute approximate surface area is 150 Å². The molecular formula is C19H14NO5P. The number of allylic oxidation sites excluding steroid dienone is 1. The van der Waals surface area contributed by atoms with Gasteiger partial charge in [-0.1, -0.05) is 14.5 Å². The minimum Gasteiger partial charge on any atom is -0.508 e. The number of Topliss-reactive ketones (excluding diaryl/α,β-unsaturated/α-hetero) is 1. The van der Waals surface area contributed by atoms with Crippen LogP contribution in [0.15, 0.2) is 36.1 Å². The number of rotatable bonds is 3. The zero-order valence-electron chi connectivity index (χ0n) is 13.7. The molecule has 0 aliphatic carbocycles. The Bertz CT molecular complexity index is 1110. The van der Waals surface area contributed by atoms with Crippen LogP contribution in [0.3, 0.4) is 0 Å². The third kappa shape index (κ3) is 2.43. The molecule has 0 spiro atoms. The first-order valence-electron chi connectivity index (χ1n) is 7.68. The third-order valence-electron chi connectivity index (χ3n) is 4.20. The van der Waals surface area contributed by atoms with Gasteiger partial charge in [0.2, 0.25) is 5.78 Å². The number of phenolic OH excluding ortho intramolecular Hbond substituents is 2. The summed E-state index contributed by atoms with van der Waals surface area (Å²) in [6.45, 7) is 0. The van der Waals surface area contributed by atoms with Crippen LogP contribution in [0.25, 0.3) is 17.0 Å². The van der Waals surface area contributed by atoms with Crippen LogP contribution in [0.2, 0.25) is 0 Å². The molecule has 26 heavy (non-hydrogen) atoms. The second-order valence-corrected chi connectivity index (χ2v) is 6.50. The monoisotopic (exact) mass is 367 g/mol. The minimum atomic E-state index is -0.443. The van der Waals surface area contributed by atoms with Crippen molar-refractivity contribution in [1.29, 1.82) is 0 Å². The van der Waals surface area contributed by atoms with Crippen molar-refractivity contribution in [2.45, 2.75) is 0 Å². The third-order valence-corrected chi connectivity index (χ3v) is 4.86. The minimum absolute atomic E-state index is 0.0418. The maximum atomic E-state index is 12.6. The molecule has 3 N–H and O–H groups in total. The number of ether oxygens (including phenoxy) is 2. The van der Waals surface area contributed by atoms with Crippen LogP contribution in [-0.2, 0) is 0 Å². The van der Waals surface area contributed by atoms with Gasteiger partial charge in [-0.15, -0.1) is 0 Å². The van der Waals surface area contributed by atoms with Gasteiger partial charge in [0.25, 0.3) is 0 Å². The van der Waals surface area contributed by atoms with Gasteiger partial charge in [-0.25, -0.2) is 0 Å². The SMILES string of the molecule is C=Pc1[nH]c2ccc(OC)cc2c1C=C1Oc2cc(O)cc(O)c2C1=O. The van der Waals surface area contributed by atoms with E-state index in [1.165, 1.54) is 6.07 Å². The van der Waals surface area contributed by atoms with Crippen molar-refractivity contribution < 1.29 is 24.5 Å². The van der Waals surface area contributed by atoms with Gasteiger partial charge in [-0.3, -0.25) is 4.79 Å². The summed E-state index contributed by atoms with van der Waals surface area (Å²) in [5, 5.41) is 20.4. The van der Waals surface area contributed by atoms with Crippen LogP contribution < -0.4 is 14.9 Å². The molecule has 130 valence electrons. The van der Waals surface area contributed by atoms with E-state index in [-0.39, 0.29) is 28.6 Å². The molecule has 2 aromatic carbocycles. The molecule has 0 saturated carbocycles. The van der Waals surface area contributed by atoms with Gasteiger partial charge in [0.15, 0.2) is 5.76 Å². The van der Waals surface area contributed by atoms with Gasteiger partial charge in [-0.05, 0) is 24.3 Å². The van der Waals surface area contributed by atoms with Gasteiger partial charge in [0.05, 0.1) is 12.5 Å². The highest BCUT2D eigenvalue weighted by Crippen LogP contribution is 2.41. The quantitative estimate of drug-likeness (QED) is 0.488. The second kappa shape index (κ2) is 5.93. The molecule has 2 heterocycles. The number of aromatic amines is 1. The molecule has 0 fully saturated rings. The van der Waals surface area contributed by atoms with Crippen molar-refractivity contribution >= 4 is 42.7 Å². The number of nitrogens with one attached hydrogen (secondary N) is 1. The molecule has 1 aliphatic rings. The van der Waals surface area contributed by atoms with Gasteiger partial charge in [-0.2, -0.15) is 0 Å². The lowest BCUT2D eigenvalue weighted by molar-refractivity contribution is 0.101. The van der Waals surface area contributed by atoms with E-state index in [9.17, 15) is 15.0 Å². The zero-order valence-corrected chi connectivity index (χ0v) is 14.6. The second-order valence-electron chi connectivity index (χ2n) is 5.73. The molecule has 7 heteroatoms. The summed E-state index contributed by atoms with van der Waals surface area (Å²) in [5.41, 5.74) is 2.50. The van der Waals surface area contributed by atoms with Crippen LogP contribution >= 0.6 is 8.20 Å². The largest absolute Gasteiger partial charge is 0.508 e. The molecule has 0 bridgehead atoms. The first kappa shape index (κ1) is 16.2. The topological polar surface area (TPSA) is 91.8 Å². The van der Waals surface area contributed by atoms with E-state index in [4.69, 9.17) is 9.47 Å². The van der Waals surface area contributed by atoms with Crippen molar-refractivity contribution in [2.24, 2.45) is 0 Å². The molecule has 0 saturated heterocycles. The first-order valence-corrected chi connectivity index (χ1v) is 8.76. The molecule has 0 amide bonds. The number of aromatic hydroxyl groups is 2. The molecule has 6 nitrogen and oxygen atoms in total. The summed E-state index contributed by atoms with van der Waals surface area (Å²) >= 11 is 0. The molecule has 0 unspecified atom stereocenters. The summed E-state index contributed by atoms with van der Waals surface area (Å²) in [5.74, 6) is -0.0533. The van der Waals surface area contributed by atoms with E-state index in [0.717, 1.165) is 36.2 Å². The van der Waals surface area contributed by atoms with Crippen LogP contribution in [-0.4, -0.2) is 34.4 Å². The van der Waals surface area contributed by atoms with Gasteiger partial charge in [0.1, 0.15) is 28.6 Å². The number of fused-ring (bicyclic) bond motifs is 2. The van der Waals surface area contributed by atoms with Crippen molar-refractivity contribution in [3.63, 3.8) is 0 Å². The Morgan fingerprint density at radius 2 is 2.08 bits per heavy atom. The lowest BCUT2D eigenvalue weighted by Crippen LogP contribution is -2.02. The predicted molar refractivity (Wildman–Crippen MR) is 101 cm³/mol. The summed E-state index contributed by atoms with van der Waals surface area (Å²) in [6, 6.07) is 8.00. The fourth-order valence-electron chi connectivity index (χ4n) is 2.98. The highest BCUT2D eigenvalue weighted by Gasteiger charge is 2.31. The number of carbonyl (C=O) groups is 1. The number of phenols is 2. The Morgan fingerprint density at radius 3 is 2.81 bits per heavy atom. The Morgan fingerprint density at radius 1 is 1.27 bits per heavy atom. The molecular weight excluding hydrogens is 353 g/mol. The fourth-order valence-corrected chi connectivity index (χ4v) is 3.54. The number of H-pyrrole nitrogens is 1. The van der Waals surface area contributed by atoms with Crippen LogP contribution in [0, 0.1) is 0 Å². The predicted octanol–water partition coefficient (Wildman–Crippen LogP) is 3.21. The van der Waals surface area contributed by atoms with Gasteiger partial charge < -0.3 is 24.7 Å². The number of hydrogen-bond donors (Lipinski definition) is 3. The number of carbonyl (C=O) groups excluding carboxylic acids is 1. The average molecular weight is 367 g/mol. The fraction of sp³-hybridized carbons (Fsp3) is 0.0526. The van der Waals surface area contributed by atoms with Crippen LogP contribution in [0.5, 0.6) is 23.0 Å². The summed E-state index contributed by atoms with van der Waals surface area (Å²) < 4.78 is 10.9. The van der Waals surface area contributed by atoms with Gasteiger partial charge >= 0.3 is 0 Å². The Hall–Kier alpha value is -3.24. The Balaban J connectivity index is 1.88. The van der Waals surface area contributed by atoms with E-state index in [1.807, 2.05) is 18.2 Å². The van der Waals surface area contributed by atoms with E-state index in [2.05, 4.69) is 11.3 Å². The maximum absolute atomic E-state index is 12.6. The smallest absolute Gasteiger partial charge is 0.235 e. The van der Waals surface area contributed by atoms with Crippen molar-refractivity contribution in [1.82, 2.24) is 4.98 Å². The lowest BCUT2D eigenvalue weighted by atomic mass is 10.1. The molecule has 0 atom stereocenters. The highest BCUT2D eigenvalue weighted by molar-refractivity contribution is 7.45. The van der Waals surface area contributed by atoms with Crippen molar-refractivity contribution in [2.75, 3.05) is 7.11 Å². The normalized spacial score (nSPS) is 14.8. The molecule has 4 rings (SSSR count). The summed E-state index contributed by atoms with van der Waals surface area (Å²) in [7, 11) is 2.33.